The normalized spacial score (nSPS) is 13.4. The first-order chi connectivity index (χ1) is 9.59. The summed E-state index contributed by atoms with van der Waals surface area (Å²) in [7, 11) is 0. The Balaban J connectivity index is 2.14. The van der Waals surface area contributed by atoms with Gasteiger partial charge in [-0.3, -0.25) is 4.79 Å². The van der Waals surface area contributed by atoms with Crippen LogP contribution in [0.2, 0.25) is 0 Å². The monoisotopic (exact) mass is 304 g/mol. The lowest BCUT2D eigenvalue weighted by atomic mass is 9.97. The lowest BCUT2D eigenvalue weighted by molar-refractivity contribution is -0.121. The Morgan fingerprint density at radius 2 is 1.95 bits per heavy atom. The largest absolute Gasteiger partial charge is 0.392 e. The van der Waals surface area contributed by atoms with Gasteiger partial charge in [-0.05, 0) is 34.9 Å². The summed E-state index contributed by atoms with van der Waals surface area (Å²) in [5.74, 6) is -0.755. The number of nitrogens with two attached hydrogens (primary N) is 1. The highest BCUT2D eigenvalue weighted by molar-refractivity contribution is 7.80. The average Bonchev–Trinajstić information content (AvgIpc) is 2.93. The number of amides is 1. The Hall–Kier alpha value is -1.72. The van der Waals surface area contributed by atoms with E-state index in [1.54, 1.807) is 11.3 Å². The van der Waals surface area contributed by atoms with Gasteiger partial charge in [0.1, 0.15) is 5.92 Å². The molecule has 2 aromatic rings. The third kappa shape index (κ3) is 3.43. The fourth-order valence-electron chi connectivity index (χ4n) is 1.99. The molecule has 1 heterocycles. The summed E-state index contributed by atoms with van der Waals surface area (Å²) < 4.78 is 0. The van der Waals surface area contributed by atoms with E-state index in [1.165, 1.54) is 0 Å². The molecule has 1 aromatic carbocycles. The summed E-state index contributed by atoms with van der Waals surface area (Å²) in [4.78, 5) is 12.6. The van der Waals surface area contributed by atoms with Crippen LogP contribution in [0.25, 0.3) is 0 Å². The van der Waals surface area contributed by atoms with Crippen molar-refractivity contribution in [3.63, 3.8) is 0 Å². The van der Waals surface area contributed by atoms with Gasteiger partial charge in [-0.1, -0.05) is 42.5 Å². The second-order valence-electron chi connectivity index (χ2n) is 4.53. The fraction of sp³-hybridized carbons (Fsp3) is 0.200. The maximum absolute atomic E-state index is 12.4. The van der Waals surface area contributed by atoms with Crippen LogP contribution in [0, 0.1) is 0 Å². The maximum Gasteiger partial charge on any atom is 0.234 e. The standard InChI is InChI=1S/C15H16N2OS2/c1-10(12-7-8-20-9-12)17-15(18)13(14(16)19)11-5-3-2-4-6-11/h2-10,13H,1H3,(H2,16,19)(H,17,18). The Bertz CT molecular complexity index is 581. The molecule has 1 amide bonds. The Labute approximate surface area is 127 Å². The first-order valence-electron chi connectivity index (χ1n) is 6.26. The second kappa shape index (κ2) is 6.63. The van der Waals surface area contributed by atoms with E-state index in [0.29, 0.717) is 0 Å². The van der Waals surface area contributed by atoms with Crippen molar-refractivity contribution in [1.82, 2.24) is 5.32 Å². The van der Waals surface area contributed by atoms with Crippen molar-refractivity contribution in [3.05, 3.63) is 58.3 Å². The first kappa shape index (κ1) is 14.7. The molecule has 0 aliphatic carbocycles. The van der Waals surface area contributed by atoms with Gasteiger partial charge in [0, 0.05) is 0 Å². The summed E-state index contributed by atoms with van der Waals surface area (Å²) in [6.45, 7) is 1.95. The van der Waals surface area contributed by atoms with E-state index in [1.807, 2.05) is 54.1 Å². The van der Waals surface area contributed by atoms with Crippen LogP contribution in [0.1, 0.15) is 30.0 Å². The van der Waals surface area contributed by atoms with Crippen LogP contribution >= 0.6 is 23.6 Å². The average molecular weight is 304 g/mol. The van der Waals surface area contributed by atoms with E-state index >= 15 is 0 Å². The molecule has 0 aliphatic heterocycles. The van der Waals surface area contributed by atoms with Gasteiger partial charge in [-0.15, -0.1) is 0 Å². The lowest BCUT2D eigenvalue weighted by Crippen LogP contribution is -2.37. The lowest BCUT2D eigenvalue weighted by Gasteiger charge is -2.19. The number of thiophene rings is 1. The number of thiocarbonyl (C=S) groups is 1. The molecule has 0 bridgehead atoms. The molecular formula is C15H16N2OS2. The summed E-state index contributed by atoms with van der Waals surface area (Å²) in [5.41, 5.74) is 7.63. The zero-order valence-corrected chi connectivity index (χ0v) is 12.7. The topological polar surface area (TPSA) is 55.1 Å². The first-order valence-corrected chi connectivity index (χ1v) is 7.61. The zero-order valence-electron chi connectivity index (χ0n) is 11.1. The number of carbonyl (C=O) groups is 1. The van der Waals surface area contributed by atoms with Crippen molar-refractivity contribution in [1.29, 1.82) is 0 Å². The molecule has 0 spiro atoms. The quantitative estimate of drug-likeness (QED) is 0.835. The molecule has 1 aromatic heterocycles. The van der Waals surface area contributed by atoms with Crippen LogP contribution < -0.4 is 11.1 Å². The SMILES string of the molecule is CC(NC(=O)C(C(N)=S)c1ccccc1)c1ccsc1. The van der Waals surface area contributed by atoms with E-state index < -0.39 is 5.92 Å². The predicted octanol–water partition coefficient (Wildman–Crippen LogP) is 3.00. The summed E-state index contributed by atoms with van der Waals surface area (Å²) in [6.07, 6.45) is 0. The van der Waals surface area contributed by atoms with Crippen molar-refractivity contribution in [2.24, 2.45) is 5.73 Å². The van der Waals surface area contributed by atoms with Gasteiger partial charge in [0.2, 0.25) is 5.91 Å². The van der Waals surface area contributed by atoms with Crippen LogP contribution in [-0.4, -0.2) is 10.9 Å². The van der Waals surface area contributed by atoms with E-state index in [0.717, 1.165) is 11.1 Å². The molecule has 0 radical (unpaired) electrons. The second-order valence-corrected chi connectivity index (χ2v) is 5.78. The molecule has 2 atom stereocenters. The number of hydrogen-bond acceptors (Lipinski definition) is 3. The number of hydrogen-bond donors (Lipinski definition) is 2. The Morgan fingerprint density at radius 1 is 1.25 bits per heavy atom. The predicted molar refractivity (Wildman–Crippen MR) is 86.8 cm³/mol. The van der Waals surface area contributed by atoms with E-state index in [2.05, 4.69) is 5.32 Å². The van der Waals surface area contributed by atoms with Gasteiger partial charge in [-0.2, -0.15) is 11.3 Å². The zero-order chi connectivity index (χ0) is 14.5. The van der Waals surface area contributed by atoms with Gasteiger partial charge in [0.15, 0.2) is 0 Å². The highest BCUT2D eigenvalue weighted by Crippen LogP contribution is 2.20. The third-order valence-electron chi connectivity index (χ3n) is 3.08. The van der Waals surface area contributed by atoms with Crippen LogP contribution in [-0.2, 0) is 4.79 Å². The van der Waals surface area contributed by atoms with E-state index in [-0.39, 0.29) is 16.9 Å². The maximum atomic E-state index is 12.4. The molecule has 3 nitrogen and oxygen atoms in total. The minimum atomic E-state index is -0.590. The number of nitrogens with one attached hydrogen (secondary N) is 1. The number of rotatable bonds is 5. The molecular weight excluding hydrogens is 288 g/mol. The minimum Gasteiger partial charge on any atom is -0.392 e. The molecule has 2 unspecified atom stereocenters. The van der Waals surface area contributed by atoms with Gasteiger partial charge >= 0.3 is 0 Å². The smallest absolute Gasteiger partial charge is 0.234 e. The number of carbonyl (C=O) groups excluding carboxylic acids is 1. The molecule has 3 N–H and O–H groups in total. The summed E-state index contributed by atoms with van der Waals surface area (Å²) in [6, 6.07) is 11.3. The van der Waals surface area contributed by atoms with Crippen molar-refractivity contribution in [3.8, 4) is 0 Å². The summed E-state index contributed by atoms with van der Waals surface area (Å²) >= 11 is 6.65. The molecule has 0 fully saturated rings. The van der Waals surface area contributed by atoms with Gasteiger partial charge in [-0.25, -0.2) is 0 Å². The summed E-state index contributed by atoms with van der Waals surface area (Å²) in [5, 5.41) is 6.97. The van der Waals surface area contributed by atoms with Crippen LogP contribution in [0.15, 0.2) is 47.2 Å². The van der Waals surface area contributed by atoms with Crippen LogP contribution in [0.5, 0.6) is 0 Å². The van der Waals surface area contributed by atoms with E-state index in [4.69, 9.17) is 18.0 Å². The highest BCUT2D eigenvalue weighted by atomic mass is 32.1. The highest BCUT2D eigenvalue weighted by Gasteiger charge is 2.24. The Kier molecular flexibility index (Phi) is 4.87. The van der Waals surface area contributed by atoms with Gasteiger partial charge < -0.3 is 11.1 Å². The van der Waals surface area contributed by atoms with Crippen molar-refractivity contribution < 1.29 is 4.79 Å². The molecule has 104 valence electrons. The van der Waals surface area contributed by atoms with Crippen molar-refractivity contribution >= 4 is 34.5 Å². The van der Waals surface area contributed by atoms with Gasteiger partial charge in [0.05, 0.1) is 11.0 Å². The fourth-order valence-corrected chi connectivity index (χ4v) is 2.99. The number of benzene rings is 1. The molecule has 2 rings (SSSR count). The Morgan fingerprint density at radius 3 is 2.50 bits per heavy atom. The van der Waals surface area contributed by atoms with E-state index in [9.17, 15) is 4.79 Å². The third-order valence-corrected chi connectivity index (χ3v) is 4.02. The van der Waals surface area contributed by atoms with Crippen LogP contribution in [0.4, 0.5) is 0 Å². The van der Waals surface area contributed by atoms with Gasteiger partial charge in [0.25, 0.3) is 0 Å². The van der Waals surface area contributed by atoms with Crippen molar-refractivity contribution in [2.75, 3.05) is 0 Å². The minimum absolute atomic E-state index is 0.0608. The van der Waals surface area contributed by atoms with Crippen molar-refractivity contribution in [2.45, 2.75) is 18.9 Å². The molecule has 5 heteroatoms. The molecule has 20 heavy (non-hydrogen) atoms. The molecule has 0 saturated carbocycles. The van der Waals surface area contributed by atoms with Crippen LogP contribution in [0.3, 0.4) is 0 Å². The molecule has 0 saturated heterocycles. The molecule has 0 aliphatic rings.